The Morgan fingerprint density at radius 3 is 2.02 bits per heavy atom. The standard InChI is InChI=1S/C38H44O9S/c1-5-48-38-33(45-35(40)27-17-11-7-12-18-27)25(4)32(30(44-38)21-41-34(39)26-15-9-6-10-16-26)46-36-24(3)23(2)31-29(43-36)22-42-37(47-31)28-19-13-8-14-20-28/h6-20,23-25,29-33,36-38H,5,21-22H2,1-4H3/t23-,24?,25+,29?,30?,31-,32-,33?,36+,37?,38+/m1/s1. The molecule has 3 aromatic carbocycles. The molecule has 0 saturated carbocycles. The van der Waals surface area contributed by atoms with E-state index in [1.54, 1.807) is 48.5 Å². The zero-order valence-corrected chi connectivity index (χ0v) is 28.5. The van der Waals surface area contributed by atoms with Crippen LogP contribution in [0.25, 0.3) is 0 Å². The van der Waals surface area contributed by atoms with Gasteiger partial charge in [0.2, 0.25) is 0 Å². The number of carbonyl (C=O) groups is 2. The molecule has 3 heterocycles. The lowest BCUT2D eigenvalue weighted by atomic mass is 9.83. The van der Waals surface area contributed by atoms with Crippen LogP contribution in [0.1, 0.15) is 60.3 Å². The summed E-state index contributed by atoms with van der Waals surface area (Å²) in [5.41, 5.74) is 1.37. The van der Waals surface area contributed by atoms with Crippen LogP contribution in [-0.2, 0) is 33.2 Å². The van der Waals surface area contributed by atoms with E-state index >= 15 is 0 Å². The van der Waals surface area contributed by atoms with Gasteiger partial charge in [0.25, 0.3) is 0 Å². The van der Waals surface area contributed by atoms with Crippen molar-refractivity contribution in [2.45, 2.75) is 76.2 Å². The zero-order chi connectivity index (χ0) is 33.6. The monoisotopic (exact) mass is 676 g/mol. The molecule has 10 heteroatoms. The highest BCUT2D eigenvalue weighted by Crippen LogP contribution is 2.42. The van der Waals surface area contributed by atoms with Crippen LogP contribution in [0.2, 0.25) is 0 Å². The van der Waals surface area contributed by atoms with Crippen LogP contribution < -0.4 is 0 Å². The van der Waals surface area contributed by atoms with Gasteiger partial charge in [0.1, 0.15) is 30.4 Å². The third-order valence-electron chi connectivity index (χ3n) is 9.46. The number of fused-ring (bicyclic) bond motifs is 1. The molecule has 0 aromatic heterocycles. The highest BCUT2D eigenvalue weighted by molar-refractivity contribution is 7.99. The molecule has 0 radical (unpaired) electrons. The minimum atomic E-state index is -0.645. The van der Waals surface area contributed by atoms with Crippen LogP contribution in [0.5, 0.6) is 0 Å². The van der Waals surface area contributed by atoms with E-state index in [0.717, 1.165) is 11.3 Å². The molecule has 11 atom stereocenters. The average Bonchev–Trinajstić information content (AvgIpc) is 3.13. The molecular formula is C38H44O9S. The Labute approximate surface area is 286 Å². The Kier molecular flexibility index (Phi) is 11.5. The van der Waals surface area contributed by atoms with Crippen molar-refractivity contribution in [3.05, 3.63) is 108 Å². The first-order valence-corrected chi connectivity index (χ1v) is 17.8. The minimum Gasteiger partial charge on any atom is -0.459 e. The highest BCUT2D eigenvalue weighted by Gasteiger charge is 2.52. The first-order valence-electron chi connectivity index (χ1n) is 16.7. The van der Waals surface area contributed by atoms with Crippen LogP contribution in [0.15, 0.2) is 91.0 Å². The van der Waals surface area contributed by atoms with Crippen molar-refractivity contribution in [1.29, 1.82) is 0 Å². The lowest BCUT2D eigenvalue weighted by Crippen LogP contribution is -2.60. The van der Waals surface area contributed by atoms with Gasteiger partial charge in [0.15, 0.2) is 12.6 Å². The molecule has 0 aliphatic carbocycles. The van der Waals surface area contributed by atoms with E-state index in [-0.39, 0.29) is 36.6 Å². The largest absolute Gasteiger partial charge is 0.459 e. The quantitative estimate of drug-likeness (QED) is 0.216. The number of esters is 2. The molecule has 256 valence electrons. The van der Waals surface area contributed by atoms with E-state index in [1.165, 1.54) is 11.8 Å². The SMILES string of the molecule is CCS[C@@H]1OC(COC(=O)c2ccccc2)[C@H](O[C@@H]2OC3COC(c4ccccc4)O[C@@H]3[C@H](C)C2C)[C@H](C)C1OC(=O)c1ccccc1. The molecule has 0 bridgehead atoms. The molecule has 6 rings (SSSR count). The summed E-state index contributed by atoms with van der Waals surface area (Å²) in [7, 11) is 0. The van der Waals surface area contributed by atoms with Gasteiger partial charge in [-0.25, -0.2) is 9.59 Å². The molecule has 48 heavy (non-hydrogen) atoms. The smallest absolute Gasteiger partial charge is 0.338 e. The van der Waals surface area contributed by atoms with Crippen LogP contribution in [0, 0.1) is 17.8 Å². The van der Waals surface area contributed by atoms with E-state index in [4.69, 9.17) is 33.2 Å². The number of hydrogen-bond donors (Lipinski definition) is 0. The van der Waals surface area contributed by atoms with E-state index in [2.05, 4.69) is 13.8 Å². The number of ether oxygens (including phenoxy) is 7. The molecule has 3 saturated heterocycles. The maximum Gasteiger partial charge on any atom is 0.338 e. The number of thioether (sulfide) groups is 1. The molecule has 3 aromatic rings. The van der Waals surface area contributed by atoms with Gasteiger partial charge < -0.3 is 33.2 Å². The number of carbonyl (C=O) groups excluding carboxylic acids is 2. The summed E-state index contributed by atoms with van der Waals surface area (Å²) < 4.78 is 44.5. The molecule has 3 aliphatic heterocycles. The van der Waals surface area contributed by atoms with E-state index < -0.39 is 48.3 Å². The first-order chi connectivity index (χ1) is 23.3. The summed E-state index contributed by atoms with van der Waals surface area (Å²) in [5, 5.41) is 0. The van der Waals surface area contributed by atoms with E-state index in [1.807, 2.05) is 56.3 Å². The molecule has 0 amide bonds. The van der Waals surface area contributed by atoms with E-state index in [0.29, 0.717) is 17.7 Å². The number of hydrogen-bond acceptors (Lipinski definition) is 10. The molecule has 5 unspecified atom stereocenters. The maximum atomic E-state index is 13.3. The summed E-state index contributed by atoms with van der Waals surface area (Å²) >= 11 is 1.54. The third kappa shape index (κ3) is 7.80. The first kappa shape index (κ1) is 34.6. The molecule has 0 N–H and O–H groups in total. The Balaban J connectivity index is 1.21. The van der Waals surface area contributed by atoms with Gasteiger partial charge in [0.05, 0.1) is 29.9 Å². The minimum absolute atomic E-state index is 0.0451. The molecule has 0 spiro atoms. The summed E-state index contributed by atoms with van der Waals surface area (Å²) in [5.74, 6) is -0.478. The second-order valence-corrected chi connectivity index (χ2v) is 14.0. The Morgan fingerprint density at radius 1 is 0.750 bits per heavy atom. The Morgan fingerprint density at radius 2 is 1.38 bits per heavy atom. The fourth-order valence-corrected chi connectivity index (χ4v) is 7.60. The fourth-order valence-electron chi connectivity index (χ4n) is 6.55. The summed E-state index contributed by atoms with van der Waals surface area (Å²) in [4.78, 5) is 26.3. The van der Waals surface area contributed by atoms with Gasteiger partial charge in [-0.2, -0.15) is 0 Å². The topological polar surface area (TPSA) is 98.8 Å². The third-order valence-corrected chi connectivity index (χ3v) is 10.5. The average molecular weight is 677 g/mol. The highest BCUT2D eigenvalue weighted by atomic mass is 32.2. The van der Waals surface area contributed by atoms with Crippen LogP contribution in [0.4, 0.5) is 0 Å². The van der Waals surface area contributed by atoms with Gasteiger partial charge >= 0.3 is 11.9 Å². The lowest BCUT2D eigenvalue weighted by Gasteiger charge is -2.50. The van der Waals surface area contributed by atoms with Crippen molar-refractivity contribution < 1.29 is 42.7 Å². The Hall–Kier alpha value is -3.25. The molecule has 3 aliphatic rings. The summed E-state index contributed by atoms with van der Waals surface area (Å²) in [6, 6.07) is 27.6. The lowest BCUT2D eigenvalue weighted by molar-refractivity contribution is -0.358. The second kappa shape index (κ2) is 16.0. The van der Waals surface area contributed by atoms with Crippen LogP contribution >= 0.6 is 11.8 Å². The Bertz CT molecular complexity index is 1470. The van der Waals surface area contributed by atoms with Crippen LogP contribution in [-0.4, -0.2) is 73.2 Å². The van der Waals surface area contributed by atoms with Crippen molar-refractivity contribution in [2.24, 2.45) is 17.8 Å². The predicted molar refractivity (Wildman–Crippen MR) is 180 cm³/mol. The van der Waals surface area contributed by atoms with Crippen molar-refractivity contribution in [3.63, 3.8) is 0 Å². The second-order valence-electron chi connectivity index (χ2n) is 12.6. The molecule has 9 nitrogen and oxygen atoms in total. The van der Waals surface area contributed by atoms with Gasteiger partial charge in [-0.05, 0) is 35.9 Å². The maximum absolute atomic E-state index is 13.3. The van der Waals surface area contributed by atoms with E-state index in [9.17, 15) is 9.59 Å². The van der Waals surface area contributed by atoms with Gasteiger partial charge in [0, 0.05) is 17.4 Å². The van der Waals surface area contributed by atoms with Gasteiger partial charge in [-0.15, -0.1) is 11.8 Å². The molecule has 3 fully saturated rings. The summed E-state index contributed by atoms with van der Waals surface area (Å²) in [6.07, 6.45) is -3.54. The van der Waals surface area contributed by atoms with Gasteiger partial charge in [-0.1, -0.05) is 94.4 Å². The number of rotatable bonds is 10. The molecular weight excluding hydrogens is 632 g/mol. The zero-order valence-electron chi connectivity index (χ0n) is 27.7. The van der Waals surface area contributed by atoms with Crippen molar-refractivity contribution in [1.82, 2.24) is 0 Å². The fraction of sp³-hybridized carbons (Fsp3) is 0.474. The van der Waals surface area contributed by atoms with Crippen molar-refractivity contribution in [3.8, 4) is 0 Å². The van der Waals surface area contributed by atoms with Crippen molar-refractivity contribution >= 4 is 23.7 Å². The predicted octanol–water partition coefficient (Wildman–Crippen LogP) is 6.68. The van der Waals surface area contributed by atoms with Crippen LogP contribution in [0.3, 0.4) is 0 Å². The number of benzene rings is 3. The normalized spacial score (nSPS) is 33.3. The van der Waals surface area contributed by atoms with Gasteiger partial charge in [-0.3, -0.25) is 0 Å². The summed E-state index contributed by atoms with van der Waals surface area (Å²) in [6.45, 7) is 8.55. The van der Waals surface area contributed by atoms with Crippen molar-refractivity contribution in [2.75, 3.05) is 19.0 Å².